The predicted molar refractivity (Wildman–Crippen MR) is 119 cm³/mol. The van der Waals surface area contributed by atoms with Gasteiger partial charge in [-0.15, -0.1) is 0 Å². The maximum Gasteiger partial charge on any atom is 0.255 e. The quantitative estimate of drug-likeness (QED) is 0.679. The second-order valence-corrected chi connectivity index (χ2v) is 7.73. The molecule has 0 spiro atoms. The molecule has 1 N–H and O–H groups in total. The van der Waals surface area contributed by atoms with Crippen LogP contribution in [-0.2, 0) is 6.54 Å². The Balaban J connectivity index is 1.79. The van der Waals surface area contributed by atoms with Crippen LogP contribution in [0, 0.1) is 0 Å². The number of nitrogens with one attached hydrogen (secondary N) is 1. The topological polar surface area (TPSA) is 60.0 Å². The van der Waals surface area contributed by atoms with Gasteiger partial charge in [0.25, 0.3) is 5.91 Å². The van der Waals surface area contributed by atoms with E-state index >= 15 is 0 Å². The summed E-state index contributed by atoms with van der Waals surface area (Å²) in [5.74, 6) is 1.15. The number of amides is 1. The van der Waals surface area contributed by atoms with Crippen molar-refractivity contribution < 1.29 is 19.0 Å². The first-order chi connectivity index (χ1) is 14.6. The first-order valence-electron chi connectivity index (χ1n) is 10.5. The summed E-state index contributed by atoms with van der Waals surface area (Å²) in [5, 5.41) is 3.06. The molecule has 1 saturated carbocycles. The number of para-hydroxylation sites is 1. The van der Waals surface area contributed by atoms with Gasteiger partial charge in [-0.3, -0.25) is 9.69 Å². The summed E-state index contributed by atoms with van der Waals surface area (Å²) in [6, 6.07) is 11.9. The summed E-state index contributed by atoms with van der Waals surface area (Å²) in [6.07, 6.45) is 6.43. The summed E-state index contributed by atoms with van der Waals surface area (Å²) in [5.41, 5.74) is 2.37. The standard InChI is InChI=1S/C24H32N2O4/c1-26(19-11-6-5-7-12-19)16-17-10-8-9-13-20(17)25-24(27)18-14-21(28-2)23(30-4)22(15-18)29-3/h8-10,13-15,19H,5-7,11-12,16H2,1-4H3,(H,25,27). The molecule has 0 unspecified atom stereocenters. The highest BCUT2D eigenvalue weighted by Gasteiger charge is 2.20. The van der Waals surface area contributed by atoms with E-state index in [0.29, 0.717) is 28.9 Å². The van der Waals surface area contributed by atoms with Crippen molar-refractivity contribution in [2.24, 2.45) is 0 Å². The minimum atomic E-state index is -0.220. The van der Waals surface area contributed by atoms with Crippen LogP contribution in [-0.4, -0.2) is 45.2 Å². The van der Waals surface area contributed by atoms with Crippen LogP contribution >= 0.6 is 0 Å². The van der Waals surface area contributed by atoms with Gasteiger partial charge in [0, 0.05) is 23.8 Å². The van der Waals surface area contributed by atoms with Gasteiger partial charge < -0.3 is 19.5 Å². The number of hydrogen-bond acceptors (Lipinski definition) is 5. The zero-order valence-electron chi connectivity index (χ0n) is 18.4. The van der Waals surface area contributed by atoms with Gasteiger partial charge in [-0.2, -0.15) is 0 Å². The molecule has 6 nitrogen and oxygen atoms in total. The van der Waals surface area contributed by atoms with Crippen LogP contribution in [0.3, 0.4) is 0 Å². The molecule has 0 atom stereocenters. The van der Waals surface area contributed by atoms with Gasteiger partial charge in [-0.1, -0.05) is 37.5 Å². The van der Waals surface area contributed by atoms with E-state index < -0.39 is 0 Å². The molecule has 0 aliphatic heterocycles. The van der Waals surface area contributed by atoms with Crippen LogP contribution in [0.4, 0.5) is 5.69 Å². The van der Waals surface area contributed by atoms with Crippen molar-refractivity contribution in [2.45, 2.75) is 44.7 Å². The Hall–Kier alpha value is -2.73. The molecule has 0 radical (unpaired) electrons. The van der Waals surface area contributed by atoms with Gasteiger partial charge in [0.1, 0.15) is 0 Å². The molecule has 2 aromatic rings. The van der Waals surface area contributed by atoms with E-state index in [1.165, 1.54) is 46.3 Å². The lowest BCUT2D eigenvalue weighted by Gasteiger charge is -2.31. The van der Waals surface area contributed by atoms with Gasteiger partial charge in [0.15, 0.2) is 11.5 Å². The smallest absolute Gasteiger partial charge is 0.255 e. The average Bonchev–Trinajstić information content (AvgIpc) is 2.79. The van der Waals surface area contributed by atoms with E-state index in [1.54, 1.807) is 19.2 Å². The molecule has 3 rings (SSSR count). The molecule has 0 heterocycles. The van der Waals surface area contributed by atoms with Crippen molar-refractivity contribution >= 4 is 11.6 Å². The Morgan fingerprint density at radius 2 is 1.63 bits per heavy atom. The minimum Gasteiger partial charge on any atom is -0.493 e. The van der Waals surface area contributed by atoms with E-state index in [9.17, 15) is 4.79 Å². The third kappa shape index (κ3) is 5.05. The first kappa shape index (κ1) is 22.0. The zero-order valence-corrected chi connectivity index (χ0v) is 18.4. The number of benzene rings is 2. The molecule has 2 aromatic carbocycles. The maximum absolute atomic E-state index is 13.0. The Bertz CT molecular complexity index is 837. The fraction of sp³-hybridized carbons (Fsp3) is 0.458. The van der Waals surface area contributed by atoms with Crippen LogP contribution in [0.1, 0.15) is 48.0 Å². The first-order valence-corrected chi connectivity index (χ1v) is 10.5. The maximum atomic E-state index is 13.0. The molecule has 1 fully saturated rings. The van der Waals surface area contributed by atoms with Crippen LogP contribution in [0.2, 0.25) is 0 Å². The van der Waals surface area contributed by atoms with Crippen molar-refractivity contribution in [3.05, 3.63) is 47.5 Å². The number of hydrogen-bond donors (Lipinski definition) is 1. The molecular formula is C24H32N2O4. The minimum absolute atomic E-state index is 0.220. The molecular weight excluding hydrogens is 380 g/mol. The highest BCUT2D eigenvalue weighted by Crippen LogP contribution is 2.38. The number of rotatable bonds is 8. The molecule has 162 valence electrons. The fourth-order valence-corrected chi connectivity index (χ4v) is 4.11. The predicted octanol–water partition coefficient (Wildman–Crippen LogP) is 4.73. The monoisotopic (exact) mass is 412 g/mol. The lowest BCUT2D eigenvalue weighted by Crippen LogP contribution is -2.33. The molecule has 0 saturated heterocycles. The third-order valence-corrected chi connectivity index (χ3v) is 5.81. The summed E-state index contributed by atoms with van der Waals surface area (Å²) in [7, 11) is 6.79. The SMILES string of the molecule is COc1cc(C(=O)Nc2ccccc2CN(C)C2CCCCC2)cc(OC)c1OC. The normalized spacial score (nSPS) is 14.4. The number of ether oxygens (including phenoxy) is 3. The van der Waals surface area contributed by atoms with Gasteiger partial charge in [0.05, 0.1) is 21.3 Å². The summed E-state index contributed by atoms with van der Waals surface area (Å²) in [6.45, 7) is 0.802. The second kappa shape index (κ2) is 10.3. The van der Waals surface area contributed by atoms with Crippen molar-refractivity contribution in [3.8, 4) is 17.2 Å². The van der Waals surface area contributed by atoms with E-state index in [0.717, 1.165) is 17.8 Å². The van der Waals surface area contributed by atoms with Crippen molar-refractivity contribution in [3.63, 3.8) is 0 Å². The second-order valence-electron chi connectivity index (χ2n) is 7.73. The molecule has 0 bridgehead atoms. The molecule has 0 aromatic heterocycles. The average molecular weight is 413 g/mol. The van der Waals surface area contributed by atoms with Crippen LogP contribution < -0.4 is 19.5 Å². The van der Waals surface area contributed by atoms with Crippen LogP contribution in [0.15, 0.2) is 36.4 Å². The van der Waals surface area contributed by atoms with Crippen molar-refractivity contribution in [2.75, 3.05) is 33.7 Å². The number of anilines is 1. The largest absolute Gasteiger partial charge is 0.493 e. The summed E-state index contributed by atoms with van der Waals surface area (Å²) in [4.78, 5) is 15.4. The van der Waals surface area contributed by atoms with Gasteiger partial charge >= 0.3 is 0 Å². The molecule has 1 amide bonds. The zero-order chi connectivity index (χ0) is 21.5. The van der Waals surface area contributed by atoms with Gasteiger partial charge in [-0.25, -0.2) is 0 Å². The molecule has 6 heteroatoms. The van der Waals surface area contributed by atoms with E-state index in [2.05, 4.69) is 23.3 Å². The van der Waals surface area contributed by atoms with Crippen molar-refractivity contribution in [1.82, 2.24) is 4.90 Å². The lowest BCUT2D eigenvalue weighted by atomic mass is 9.94. The number of methoxy groups -OCH3 is 3. The van der Waals surface area contributed by atoms with Crippen LogP contribution in [0.5, 0.6) is 17.2 Å². The molecule has 1 aliphatic carbocycles. The van der Waals surface area contributed by atoms with Gasteiger partial charge in [-0.05, 0) is 43.7 Å². The Morgan fingerprint density at radius 1 is 1.00 bits per heavy atom. The highest BCUT2D eigenvalue weighted by molar-refractivity contribution is 6.05. The van der Waals surface area contributed by atoms with Crippen molar-refractivity contribution in [1.29, 1.82) is 0 Å². The summed E-state index contributed by atoms with van der Waals surface area (Å²) >= 11 is 0. The summed E-state index contributed by atoms with van der Waals surface area (Å²) < 4.78 is 16.1. The number of carbonyl (C=O) groups excluding carboxylic acids is 1. The lowest BCUT2D eigenvalue weighted by molar-refractivity contribution is 0.102. The Morgan fingerprint density at radius 3 is 2.23 bits per heavy atom. The third-order valence-electron chi connectivity index (χ3n) is 5.81. The molecule has 30 heavy (non-hydrogen) atoms. The highest BCUT2D eigenvalue weighted by atomic mass is 16.5. The Kier molecular flexibility index (Phi) is 7.57. The van der Waals surface area contributed by atoms with Gasteiger partial charge in [0.2, 0.25) is 5.75 Å². The van der Waals surface area contributed by atoms with E-state index in [-0.39, 0.29) is 5.91 Å². The van der Waals surface area contributed by atoms with E-state index in [1.807, 2.05) is 18.2 Å². The van der Waals surface area contributed by atoms with E-state index in [4.69, 9.17) is 14.2 Å². The fourth-order valence-electron chi connectivity index (χ4n) is 4.11. The number of carbonyl (C=O) groups is 1. The number of nitrogens with zero attached hydrogens (tertiary/aromatic N) is 1. The Labute approximate surface area is 179 Å². The van der Waals surface area contributed by atoms with Crippen LogP contribution in [0.25, 0.3) is 0 Å². The molecule has 1 aliphatic rings.